The molecule has 1 heterocycles. The van der Waals surface area contributed by atoms with Crippen LogP contribution < -0.4 is 5.32 Å². The Labute approximate surface area is 105 Å². The number of benzene rings is 1. The highest BCUT2D eigenvalue weighted by Gasteiger charge is 2.09. The van der Waals surface area contributed by atoms with Gasteiger partial charge in [0.2, 0.25) is 5.91 Å². The van der Waals surface area contributed by atoms with Crippen molar-refractivity contribution in [3.8, 4) is 5.69 Å². The van der Waals surface area contributed by atoms with Crippen LogP contribution in [0.5, 0.6) is 0 Å². The minimum atomic E-state index is -0.497. The summed E-state index contributed by atoms with van der Waals surface area (Å²) in [5.41, 5.74) is 1.90. The summed E-state index contributed by atoms with van der Waals surface area (Å²) in [6, 6.07) is 9.43. The van der Waals surface area contributed by atoms with Crippen LogP contribution >= 0.6 is 0 Å². The maximum Gasteiger partial charge on any atom is 0.246 e. The van der Waals surface area contributed by atoms with Crippen LogP contribution in [0.4, 0.5) is 0 Å². The molecular formula is C13H15N3O2. The average molecular weight is 245 g/mol. The van der Waals surface area contributed by atoms with E-state index in [1.165, 1.54) is 0 Å². The second-order valence-corrected chi connectivity index (χ2v) is 3.99. The Hall–Kier alpha value is -2.14. The molecule has 0 radical (unpaired) electrons. The number of amides is 1. The van der Waals surface area contributed by atoms with Gasteiger partial charge in [0.05, 0.1) is 11.7 Å². The fraction of sp³-hybridized carbons (Fsp3) is 0.231. The van der Waals surface area contributed by atoms with Crippen LogP contribution in [0, 0.1) is 0 Å². The lowest BCUT2D eigenvalue weighted by Crippen LogP contribution is -2.29. The van der Waals surface area contributed by atoms with Crippen molar-refractivity contribution in [2.24, 2.45) is 0 Å². The molecule has 2 rings (SSSR count). The van der Waals surface area contributed by atoms with Gasteiger partial charge in [-0.05, 0) is 30.7 Å². The van der Waals surface area contributed by atoms with Crippen molar-refractivity contribution in [2.75, 3.05) is 6.61 Å². The zero-order valence-corrected chi connectivity index (χ0v) is 10.1. The highest BCUT2D eigenvalue weighted by atomic mass is 16.3. The van der Waals surface area contributed by atoms with Gasteiger partial charge in [-0.2, -0.15) is 5.10 Å². The number of aromatic nitrogens is 2. The standard InChI is InChI=1S/C13H15N3O2/c1-10(15-13(18)9-17)11-4-2-5-12(8-11)16-7-3-6-14-16/h2-8,10,17H,9H2,1H3,(H,15,18). The summed E-state index contributed by atoms with van der Waals surface area (Å²) >= 11 is 0. The quantitative estimate of drug-likeness (QED) is 0.845. The van der Waals surface area contributed by atoms with Crippen molar-refractivity contribution in [1.29, 1.82) is 0 Å². The fourth-order valence-corrected chi connectivity index (χ4v) is 1.73. The second kappa shape index (κ2) is 5.46. The number of rotatable bonds is 4. The topological polar surface area (TPSA) is 67.2 Å². The largest absolute Gasteiger partial charge is 0.387 e. The molecule has 5 heteroatoms. The van der Waals surface area contributed by atoms with Gasteiger partial charge in [0, 0.05) is 12.4 Å². The summed E-state index contributed by atoms with van der Waals surface area (Å²) in [4.78, 5) is 11.1. The summed E-state index contributed by atoms with van der Waals surface area (Å²) in [6.07, 6.45) is 3.57. The molecule has 0 saturated heterocycles. The van der Waals surface area contributed by atoms with Crippen LogP contribution in [0.3, 0.4) is 0 Å². The number of hydrogen-bond donors (Lipinski definition) is 2. The van der Waals surface area contributed by atoms with Gasteiger partial charge in [0.1, 0.15) is 6.61 Å². The molecule has 18 heavy (non-hydrogen) atoms. The van der Waals surface area contributed by atoms with Gasteiger partial charge in [-0.3, -0.25) is 4.79 Å². The van der Waals surface area contributed by atoms with Crippen LogP contribution in [-0.2, 0) is 4.79 Å². The monoisotopic (exact) mass is 245 g/mol. The van der Waals surface area contributed by atoms with Gasteiger partial charge in [0.25, 0.3) is 0 Å². The minimum absolute atomic E-state index is 0.153. The Kier molecular flexibility index (Phi) is 3.74. The SMILES string of the molecule is CC(NC(=O)CO)c1cccc(-n2cccn2)c1. The van der Waals surface area contributed by atoms with Gasteiger partial charge in [-0.15, -0.1) is 0 Å². The molecule has 2 aromatic rings. The normalized spacial score (nSPS) is 12.1. The molecule has 1 unspecified atom stereocenters. The first-order valence-electron chi connectivity index (χ1n) is 5.71. The summed E-state index contributed by atoms with van der Waals surface area (Å²) in [5.74, 6) is -0.382. The molecular weight excluding hydrogens is 230 g/mol. The first kappa shape index (κ1) is 12.3. The maximum atomic E-state index is 11.1. The molecule has 0 spiro atoms. The Morgan fingerprint density at radius 1 is 1.50 bits per heavy atom. The van der Waals surface area contributed by atoms with E-state index in [2.05, 4.69) is 10.4 Å². The van der Waals surface area contributed by atoms with Crippen molar-refractivity contribution >= 4 is 5.91 Å². The number of carbonyl (C=O) groups excluding carboxylic acids is 1. The molecule has 0 aliphatic carbocycles. The third kappa shape index (κ3) is 2.75. The van der Waals surface area contributed by atoms with Gasteiger partial charge < -0.3 is 10.4 Å². The number of carbonyl (C=O) groups is 1. The molecule has 1 atom stereocenters. The van der Waals surface area contributed by atoms with Crippen molar-refractivity contribution in [2.45, 2.75) is 13.0 Å². The molecule has 0 fully saturated rings. The van der Waals surface area contributed by atoms with E-state index in [-0.39, 0.29) is 11.9 Å². The molecule has 2 N–H and O–H groups in total. The Bertz CT molecular complexity index is 523. The number of nitrogens with zero attached hydrogens (tertiary/aromatic N) is 2. The molecule has 1 aromatic heterocycles. The van der Waals surface area contributed by atoms with Crippen LogP contribution in [0.1, 0.15) is 18.5 Å². The molecule has 0 bridgehead atoms. The highest BCUT2D eigenvalue weighted by molar-refractivity contribution is 5.77. The maximum absolute atomic E-state index is 11.1. The van der Waals surface area contributed by atoms with E-state index in [1.54, 1.807) is 10.9 Å². The molecule has 0 aliphatic rings. The lowest BCUT2D eigenvalue weighted by Gasteiger charge is -2.14. The predicted molar refractivity (Wildman–Crippen MR) is 67.2 cm³/mol. The third-order valence-electron chi connectivity index (χ3n) is 2.66. The number of aliphatic hydroxyl groups is 1. The molecule has 0 aliphatic heterocycles. The van der Waals surface area contributed by atoms with E-state index in [1.807, 2.05) is 43.5 Å². The molecule has 5 nitrogen and oxygen atoms in total. The summed E-state index contributed by atoms with van der Waals surface area (Å²) in [7, 11) is 0. The lowest BCUT2D eigenvalue weighted by atomic mass is 10.1. The number of aliphatic hydroxyl groups excluding tert-OH is 1. The lowest BCUT2D eigenvalue weighted by molar-refractivity contribution is -0.124. The zero-order chi connectivity index (χ0) is 13.0. The number of hydrogen-bond acceptors (Lipinski definition) is 3. The van der Waals surface area contributed by atoms with E-state index in [4.69, 9.17) is 5.11 Å². The van der Waals surface area contributed by atoms with E-state index in [9.17, 15) is 4.79 Å². The van der Waals surface area contributed by atoms with E-state index < -0.39 is 6.61 Å². The number of nitrogens with one attached hydrogen (secondary N) is 1. The van der Waals surface area contributed by atoms with Crippen LogP contribution in [-0.4, -0.2) is 27.4 Å². The molecule has 1 amide bonds. The summed E-state index contributed by atoms with van der Waals surface area (Å²) < 4.78 is 1.75. The minimum Gasteiger partial charge on any atom is -0.387 e. The summed E-state index contributed by atoms with van der Waals surface area (Å²) in [5, 5.41) is 15.6. The van der Waals surface area contributed by atoms with Crippen LogP contribution in [0.15, 0.2) is 42.7 Å². The predicted octanol–water partition coefficient (Wildman–Crippen LogP) is 1.04. The van der Waals surface area contributed by atoms with Crippen LogP contribution in [0.25, 0.3) is 5.69 Å². The fourth-order valence-electron chi connectivity index (χ4n) is 1.73. The Balaban J connectivity index is 2.19. The Morgan fingerprint density at radius 2 is 2.33 bits per heavy atom. The van der Waals surface area contributed by atoms with Crippen molar-refractivity contribution in [3.63, 3.8) is 0 Å². The highest BCUT2D eigenvalue weighted by Crippen LogP contribution is 2.16. The van der Waals surface area contributed by atoms with Crippen molar-refractivity contribution < 1.29 is 9.90 Å². The van der Waals surface area contributed by atoms with E-state index in [0.717, 1.165) is 11.3 Å². The third-order valence-corrected chi connectivity index (χ3v) is 2.66. The van der Waals surface area contributed by atoms with Crippen molar-refractivity contribution in [1.82, 2.24) is 15.1 Å². The van der Waals surface area contributed by atoms with E-state index in [0.29, 0.717) is 0 Å². The van der Waals surface area contributed by atoms with Crippen LogP contribution in [0.2, 0.25) is 0 Å². The van der Waals surface area contributed by atoms with Gasteiger partial charge >= 0.3 is 0 Å². The first-order chi connectivity index (χ1) is 8.70. The Morgan fingerprint density at radius 3 is 3.00 bits per heavy atom. The average Bonchev–Trinajstić information content (AvgIpc) is 2.92. The van der Waals surface area contributed by atoms with E-state index >= 15 is 0 Å². The van der Waals surface area contributed by atoms with Gasteiger partial charge in [0.15, 0.2) is 0 Å². The zero-order valence-electron chi connectivity index (χ0n) is 10.1. The van der Waals surface area contributed by atoms with Crippen molar-refractivity contribution in [3.05, 3.63) is 48.3 Å². The smallest absolute Gasteiger partial charge is 0.246 e. The van der Waals surface area contributed by atoms with Gasteiger partial charge in [-0.1, -0.05) is 12.1 Å². The second-order valence-electron chi connectivity index (χ2n) is 3.99. The molecule has 94 valence electrons. The summed E-state index contributed by atoms with van der Waals surface area (Å²) in [6.45, 7) is 1.37. The first-order valence-corrected chi connectivity index (χ1v) is 5.71. The van der Waals surface area contributed by atoms with Gasteiger partial charge in [-0.25, -0.2) is 4.68 Å². The molecule has 0 saturated carbocycles. The molecule has 1 aromatic carbocycles.